The zero-order valence-electron chi connectivity index (χ0n) is 12.0. The lowest BCUT2D eigenvalue weighted by molar-refractivity contribution is 0.372. The highest BCUT2D eigenvalue weighted by Crippen LogP contribution is 2.26. The van der Waals surface area contributed by atoms with Crippen molar-refractivity contribution in [2.45, 2.75) is 25.8 Å². The van der Waals surface area contributed by atoms with Crippen LogP contribution in [0.2, 0.25) is 0 Å². The van der Waals surface area contributed by atoms with E-state index in [4.69, 9.17) is 20.9 Å². The van der Waals surface area contributed by atoms with Gasteiger partial charge in [-0.2, -0.15) is 4.98 Å². The fourth-order valence-electron chi connectivity index (χ4n) is 2.22. The molecule has 110 valence electrons. The summed E-state index contributed by atoms with van der Waals surface area (Å²) in [7, 11) is 1.58. The number of alkyl halides is 1. The Kier molecular flexibility index (Phi) is 3.55. The lowest BCUT2D eigenvalue weighted by atomic mass is 10.3. The van der Waals surface area contributed by atoms with Crippen LogP contribution in [0.4, 0.5) is 0 Å². The minimum atomic E-state index is -0.241. The second-order valence-electron chi connectivity index (χ2n) is 4.80. The van der Waals surface area contributed by atoms with Crippen LogP contribution >= 0.6 is 11.6 Å². The van der Waals surface area contributed by atoms with Crippen LogP contribution in [0.25, 0.3) is 11.2 Å². The number of imidazole rings is 1. The van der Waals surface area contributed by atoms with Crippen molar-refractivity contribution in [3.63, 3.8) is 0 Å². The Morgan fingerprint density at radius 3 is 2.81 bits per heavy atom. The van der Waals surface area contributed by atoms with Gasteiger partial charge in [0.15, 0.2) is 11.4 Å². The number of aryl methyl sites for hydroxylation is 1. The summed E-state index contributed by atoms with van der Waals surface area (Å²) in [6, 6.07) is 5.53. The molecule has 3 aromatic rings. The number of hydrogen-bond acceptors (Lipinski definition) is 5. The molecule has 0 bridgehead atoms. The largest absolute Gasteiger partial charge is 0.481 e. The first-order chi connectivity index (χ1) is 10.1. The molecule has 7 heteroatoms. The maximum Gasteiger partial charge on any atom is 0.215 e. The van der Waals surface area contributed by atoms with Crippen molar-refractivity contribution in [1.82, 2.24) is 19.7 Å². The Morgan fingerprint density at radius 2 is 2.19 bits per heavy atom. The summed E-state index contributed by atoms with van der Waals surface area (Å²) < 4.78 is 12.4. The first kappa shape index (κ1) is 13.9. The smallest absolute Gasteiger partial charge is 0.215 e. The molecule has 3 aromatic heterocycles. The third-order valence-corrected chi connectivity index (χ3v) is 3.35. The van der Waals surface area contributed by atoms with Crippen molar-refractivity contribution in [3.05, 3.63) is 35.5 Å². The van der Waals surface area contributed by atoms with Gasteiger partial charge in [-0.05, 0) is 19.9 Å². The Bertz CT molecular complexity index is 778. The van der Waals surface area contributed by atoms with E-state index >= 15 is 0 Å². The molecule has 0 fully saturated rings. The highest BCUT2D eigenvalue weighted by molar-refractivity contribution is 6.20. The number of nitrogens with zero attached hydrogens (tertiary/aromatic N) is 4. The third-order valence-electron chi connectivity index (χ3n) is 3.15. The van der Waals surface area contributed by atoms with Crippen LogP contribution in [-0.2, 0) is 6.54 Å². The van der Waals surface area contributed by atoms with E-state index in [1.165, 1.54) is 0 Å². The zero-order chi connectivity index (χ0) is 15.0. The lowest BCUT2D eigenvalue weighted by Gasteiger charge is -2.08. The van der Waals surface area contributed by atoms with Gasteiger partial charge in [-0.15, -0.1) is 11.6 Å². The standard InChI is InChI=1S/C14H15ClN4O2/c1-8-6-10(21-18-8)7-19-13(9(2)15)16-11-4-5-12(20-3)17-14(11)19/h4-6,9H,7H2,1-3H3. The summed E-state index contributed by atoms with van der Waals surface area (Å²) in [5.74, 6) is 2.00. The van der Waals surface area contributed by atoms with Crippen LogP contribution < -0.4 is 4.74 Å². The molecular formula is C14H15ClN4O2. The number of hydrogen-bond donors (Lipinski definition) is 0. The molecular weight excluding hydrogens is 292 g/mol. The number of ether oxygens (including phenoxy) is 1. The van der Waals surface area contributed by atoms with E-state index in [1.807, 2.05) is 30.5 Å². The molecule has 0 aliphatic heterocycles. The van der Waals surface area contributed by atoms with Gasteiger partial charge in [0, 0.05) is 12.1 Å². The minimum Gasteiger partial charge on any atom is -0.481 e. The monoisotopic (exact) mass is 306 g/mol. The maximum absolute atomic E-state index is 6.24. The molecule has 0 aliphatic rings. The van der Waals surface area contributed by atoms with E-state index in [9.17, 15) is 0 Å². The highest BCUT2D eigenvalue weighted by Gasteiger charge is 2.18. The van der Waals surface area contributed by atoms with E-state index in [1.54, 1.807) is 13.2 Å². The molecule has 6 nitrogen and oxygen atoms in total. The molecule has 21 heavy (non-hydrogen) atoms. The van der Waals surface area contributed by atoms with Crippen molar-refractivity contribution >= 4 is 22.8 Å². The topological polar surface area (TPSA) is 66.0 Å². The van der Waals surface area contributed by atoms with Crippen LogP contribution in [0.15, 0.2) is 22.7 Å². The van der Waals surface area contributed by atoms with Crippen molar-refractivity contribution in [2.75, 3.05) is 7.11 Å². The second-order valence-corrected chi connectivity index (χ2v) is 5.46. The number of aromatic nitrogens is 4. The van der Waals surface area contributed by atoms with Gasteiger partial charge < -0.3 is 13.8 Å². The first-order valence-corrected chi connectivity index (χ1v) is 6.99. The average Bonchev–Trinajstić information content (AvgIpc) is 3.03. The summed E-state index contributed by atoms with van der Waals surface area (Å²) >= 11 is 6.24. The molecule has 1 unspecified atom stereocenters. The van der Waals surface area contributed by atoms with Gasteiger partial charge in [0.1, 0.15) is 11.3 Å². The molecule has 0 aromatic carbocycles. The predicted octanol–water partition coefficient (Wildman–Crippen LogP) is 3.08. The molecule has 3 rings (SSSR count). The Balaban J connectivity index is 2.14. The summed E-state index contributed by atoms with van der Waals surface area (Å²) in [6.45, 7) is 4.23. The van der Waals surface area contributed by atoms with Crippen molar-refractivity contribution in [1.29, 1.82) is 0 Å². The van der Waals surface area contributed by atoms with Crippen LogP contribution in [0.1, 0.15) is 29.6 Å². The van der Waals surface area contributed by atoms with Gasteiger partial charge >= 0.3 is 0 Å². The Labute approximate surface area is 126 Å². The fraction of sp³-hybridized carbons (Fsp3) is 0.357. The lowest BCUT2D eigenvalue weighted by Crippen LogP contribution is -2.06. The van der Waals surface area contributed by atoms with Crippen molar-refractivity contribution in [3.8, 4) is 5.88 Å². The molecule has 0 saturated carbocycles. The molecule has 3 heterocycles. The van der Waals surface area contributed by atoms with Crippen LogP contribution in [0.3, 0.4) is 0 Å². The van der Waals surface area contributed by atoms with E-state index in [2.05, 4.69) is 15.1 Å². The number of fused-ring (bicyclic) bond motifs is 1. The molecule has 0 saturated heterocycles. The van der Waals surface area contributed by atoms with Crippen LogP contribution in [-0.4, -0.2) is 26.8 Å². The number of rotatable bonds is 4. The minimum absolute atomic E-state index is 0.241. The summed E-state index contributed by atoms with van der Waals surface area (Å²) in [4.78, 5) is 9.00. The SMILES string of the molecule is COc1ccc2nc(C(C)Cl)n(Cc3cc(C)no3)c2n1. The van der Waals surface area contributed by atoms with Gasteiger partial charge in [0.05, 0.1) is 24.7 Å². The summed E-state index contributed by atoms with van der Waals surface area (Å²) in [5.41, 5.74) is 2.32. The summed E-state index contributed by atoms with van der Waals surface area (Å²) in [5, 5.41) is 3.66. The van der Waals surface area contributed by atoms with Gasteiger partial charge in [0.2, 0.25) is 5.88 Å². The molecule has 0 aliphatic carbocycles. The van der Waals surface area contributed by atoms with Gasteiger partial charge in [-0.3, -0.25) is 0 Å². The quantitative estimate of drug-likeness (QED) is 0.693. The normalized spacial score (nSPS) is 12.8. The fourth-order valence-corrected chi connectivity index (χ4v) is 2.39. The molecule has 0 spiro atoms. The van der Waals surface area contributed by atoms with E-state index in [0.717, 1.165) is 22.8 Å². The van der Waals surface area contributed by atoms with E-state index in [-0.39, 0.29) is 5.38 Å². The number of pyridine rings is 1. The summed E-state index contributed by atoms with van der Waals surface area (Å²) in [6.07, 6.45) is 0. The third kappa shape index (κ3) is 2.58. The van der Waals surface area contributed by atoms with E-state index < -0.39 is 0 Å². The zero-order valence-corrected chi connectivity index (χ0v) is 12.8. The molecule has 0 radical (unpaired) electrons. The van der Waals surface area contributed by atoms with E-state index in [0.29, 0.717) is 18.1 Å². The van der Waals surface area contributed by atoms with Crippen LogP contribution in [0.5, 0.6) is 5.88 Å². The Hall–Kier alpha value is -2.08. The van der Waals surface area contributed by atoms with Crippen molar-refractivity contribution < 1.29 is 9.26 Å². The van der Waals surface area contributed by atoms with Gasteiger partial charge in [-0.1, -0.05) is 5.16 Å². The van der Waals surface area contributed by atoms with Crippen LogP contribution in [0, 0.1) is 6.92 Å². The number of methoxy groups -OCH3 is 1. The first-order valence-electron chi connectivity index (χ1n) is 6.56. The highest BCUT2D eigenvalue weighted by atomic mass is 35.5. The second kappa shape index (κ2) is 5.37. The van der Waals surface area contributed by atoms with Gasteiger partial charge in [-0.25, -0.2) is 4.98 Å². The average molecular weight is 307 g/mol. The molecule has 1 atom stereocenters. The molecule has 0 amide bonds. The Morgan fingerprint density at radius 1 is 1.38 bits per heavy atom. The predicted molar refractivity (Wildman–Crippen MR) is 78.7 cm³/mol. The van der Waals surface area contributed by atoms with Gasteiger partial charge in [0.25, 0.3) is 0 Å². The van der Waals surface area contributed by atoms with Crippen molar-refractivity contribution in [2.24, 2.45) is 0 Å². The number of halogens is 1. The molecule has 0 N–H and O–H groups in total. The maximum atomic E-state index is 6.24.